The van der Waals surface area contributed by atoms with Gasteiger partial charge in [0.15, 0.2) is 0 Å². The number of nitrogen functional groups attached to an aromatic ring is 1. The van der Waals surface area contributed by atoms with Crippen molar-refractivity contribution in [3.63, 3.8) is 0 Å². The minimum Gasteiger partial charge on any atom is -0.397 e. The van der Waals surface area contributed by atoms with E-state index >= 15 is 0 Å². The van der Waals surface area contributed by atoms with Gasteiger partial charge in [0.05, 0.1) is 10.7 Å². The molecule has 2 nitrogen and oxygen atoms in total. The van der Waals surface area contributed by atoms with Crippen LogP contribution < -0.4 is 5.73 Å². The summed E-state index contributed by atoms with van der Waals surface area (Å²) in [4.78, 5) is 11.6. The Balaban J connectivity index is 2.96. The number of anilines is 1. The van der Waals surface area contributed by atoms with E-state index in [4.69, 9.17) is 17.3 Å². The normalized spacial score (nSPS) is 12.4. The molecule has 1 rings (SSSR count). The number of hydrogen-bond donors (Lipinski definition) is 1. The third-order valence-corrected chi connectivity index (χ3v) is 3.66. The molecule has 0 saturated carbocycles. The highest BCUT2D eigenvalue weighted by molar-refractivity contribution is 6.33. The summed E-state index contributed by atoms with van der Waals surface area (Å²) < 4.78 is 0. The summed E-state index contributed by atoms with van der Waals surface area (Å²) in [5.41, 5.74) is 8.75. The van der Waals surface area contributed by atoms with E-state index in [1.54, 1.807) is 6.92 Å². The molecule has 0 aliphatic carbocycles. The minimum atomic E-state index is 0.0967. The first-order valence-corrected chi connectivity index (χ1v) is 6.94. The number of ketones is 1. The van der Waals surface area contributed by atoms with E-state index in [-0.39, 0.29) is 11.7 Å². The van der Waals surface area contributed by atoms with Crippen LogP contribution in [0.15, 0.2) is 12.1 Å². The lowest BCUT2D eigenvalue weighted by Gasteiger charge is -2.15. The number of benzene rings is 1. The molecule has 0 fully saturated rings. The van der Waals surface area contributed by atoms with E-state index in [0.29, 0.717) is 10.7 Å². The zero-order chi connectivity index (χ0) is 13.7. The highest BCUT2D eigenvalue weighted by Gasteiger charge is 2.15. The molecule has 0 saturated heterocycles. The van der Waals surface area contributed by atoms with Gasteiger partial charge < -0.3 is 5.73 Å². The van der Waals surface area contributed by atoms with Gasteiger partial charge in [0.25, 0.3) is 0 Å². The van der Waals surface area contributed by atoms with Gasteiger partial charge in [-0.3, -0.25) is 4.79 Å². The van der Waals surface area contributed by atoms with Crippen LogP contribution in [0.25, 0.3) is 0 Å². The maximum absolute atomic E-state index is 11.6. The maximum Gasteiger partial charge on any atom is 0.133 e. The van der Waals surface area contributed by atoms with Crippen molar-refractivity contribution in [2.45, 2.75) is 46.5 Å². The van der Waals surface area contributed by atoms with Crippen molar-refractivity contribution in [1.29, 1.82) is 0 Å². The predicted molar refractivity (Wildman–Crippen MR) is 78.0 cm³/mol. The Bertz CT molecular complexity index is 429. The first-order valence-electron chi connectivity index (χ1n) is 6.56. The van der Waals surface area contributed by atoms with Crippen LogP contribution in [0.2, 0.25) is 5.02 Å². The SMILES string of the molecule is CCC[C@H](Cc1cc(Cl)c(N)c(CC)c1)C(C)=O. The molecule has 100 valence electrons. The Morgan fingerprint density at radius 1 is 1.39 bits per heavy atom. The molecule has 0 amide bonds. The molecule has 0 radical (unpaired) electrons. The number of carbonyl (C=O) groups is 1. The maximum atomic E-state index is 11.6. The molecule has 18 heavy (non-hydrogen) atoms. The lowest BCUT2D eigenvalue weighted by Crippen LogP contribution is -2.14. The summed E-state index contributed by atoms with van der Waals surface area (Å²) >= 11 is 6.13. The first-order chi connectivity index (χ1) is 8.49. The van der Waals surface area contributed by atoms with Crippen molar-refractivity contribution >= 4 is 23.1 Å². The van der Waals surface area contributed by atoms with Crippen molar-refractivity contribution in [2.24, 2.45) is 5.92 Å². The van der Waals surface area contributed by atoms with E-state index in [9.17, 15) is 4.79 Å². The summed E-state index contributed by atoms with van der Waals surface area (Å²) in [5.74, 6) is 0.349. The first kappa shape index (κ1) is 15.0. The summed E-state index contributed by atoms with van der Waals surface area (Å²) in [6.07, 6.45) is 3.57. The second-order valence-corrected chi connectivity index (χ2v) is 5.21. The third kappa shape index (κ3) is 3.74. The number of hydrogen-bond acceptors (Lipinski definition) is 2. The third-order valence-electron chi connectivity index (χ3n) is 3.35. The fourth-order valence-corrected chi connectivity index (χ4v) is 2.49. The van der Waals surface area contributed by atoms with Crippen LogP contribution in [0.4, 0.5) is 5.69 Å². The van der Waals surface area contributed by atoms with Gasteiger partial charge in [0.1, 0.15) is 5.78 Å². The molecule has 0 bridgehead atoms. The number of rotatable bonds is 6. The molecule has 2 N–H and O–H groups in total. The molecular formula is C15H22ClNO. The van der Waals surface area contributed by atoms with Crippen molar-refractivity contribution in [3.8, 4) is 0 Å². The van der Waals surface area contributed by atoms with Gasteiger partial charge >= 0.3 is 0 Å². The van der Waals surface area contributed by atoms with Crippen LogP contribution >= 0.6 is 11.6 Å². The van der Waals surface area contributed by atoms with Crippen LogP contribution in [-0.2, 0) is 17.6 Å². The van der Waals surface area contributed by atoms with Gasteiger partial charge in [-0.1, -0.05) is 37.9 Å². The number of aryl methyl sites for hydroxylation is 1. The summed E-state index contributed by atoms with van der Waals surface area (Å²) in [5, 5.41) is 0.600. The monoisotopic (exact) mass is 267 g/mol. The molecule has 1 aromatic rings. The van der Waals surface area contributed by atoms with E-state index in [2.05, 4.69) is 19.9 Å². The van der Waals surface area contributed by atoms with Crippen LogP contribution in [0.5, 0.6) is 0 Å². The van der Waals surface area contributed by atoms with Gasteiger partial charge in [-0.2, -0.15) is 0 Å². The van der Waals surface area contributed by atoms with E-state index in [0.717, 1.165) is 36.8 Å². The summed E-state index contributed by atoms with van der Waals surface area (Å²) in [6, 6.07) is 3.97. The van der Waals surface area contributed by atoms with Gasteiger partial charge in [0.2, 0.25) is 0 Å². The van der Waals surface area contributed by atoms with Crippen molar-refractivity contribution < 1.29 is 4.79 Å². The topological polar surface area (TPSA) is 43.1 Å². The summed E-state index contributed by atoms with van der Waals surface area (Å²) in [6.45, 7) is 5.82. The average Bonchev–Trinajstić information content (AvgIpc) is 2.32. The highest BCUT2D eigenvalue weighted by atomic mass is 35.5. The van der Waals surface area contributed by atoms with E-state index in [1.165, 1.54) is 0 Å². The van der Waals surface area contributed by atoms with Gasteiger partial charge in [0, 0.05) is 5.92 Å². The molecule has 3 heteroatoms. The van der Waals surface area contributed by atoms with E-state index in [1.807, 2.05) is 6.07 Å². The number of halogens is 1. The Labute approximate surface area is 115 Å². The zero-order valence-electron chi connectivity index (χ0n) is 11.4. The smallest absolute Gasteiger partial charge is 0.133 e. The van der Waals surface area contributed by atoms with Gasteiger partial charge in [-0.05, 0) is 43.4 Å². The Hall–Kier alpha value is -1.02. The van der Waals surface area contributed by atoms with Crippen LogP contribution in [0.3, 0.4) is 0 Å². The minimum absolute atomic E-state index is 0.0967. The lowest BCUT2D eigenvalue weighted by atomic mass is 9.91. The van der Waals surface area contributed by atoms with Crippen LogP contribution in [-0.4, -0.2) is 5.78 Å². The fourth-order valence-electron chi connectivity index (χ4n) is 2.23. The lowest BCUT2D eigenvalue weighted by molar-refractivity contribution is -0.120. The molecule has 1 atom stereocenters. The quantitative estimate of drug-likeness (QED) is 0.791. The van der Waals surface area contributed by atoms with Crippen LogP contribution in [0, 0.1) is 5.92 Å². The van der Waals surface area contributed by atoms with Crippen LogP contribution in [0.1, 0.15) is 44.7 Å². The predicted octanol–water partition coefficient (Wildman–Crippen LogP) is 4.03. The van der Waals surface area contributed by atoms with E-state index < -0.39 is 0 Å². The molecule has 0 spiro atoms. The molecule has 0 aromatic heterocycles. The molecule has 0 heterocycles. The molecular weight excluding hydrogens is 246 g/mol. The second kappa shape index (κ2) is 6.79. The largest absolute Gasteiger partial charge is 0.397 e. The van der Waals surface area contributed by atoms with Crippen molar-refractivity contribution in [1.82, 2.24) is 0 Å². The Morgan fingerprint density at radius 3 is 2.56 bits per heavy atom. The fraction of sp³-hybridized carbons (Fsp3) is 0.533. The second-order valence-electron chi connectivity index (χ2n) is 4.80. The Morgan fingerprint density at radius 2 is 2.06 bits per heavy atom. The molecule has 0 aliphatic rings. The number of carbonyl (C=O) groups excluding carboxylic acids is 1. The molecule has 0 aliphatic heterocycles. The molecule has 1 aromatic carbocycles. The van der Waals surface area contributed by atoms with Crippen molar-refractivity contribution in [3.05, 3.63) is 28.3 Å². The number of Topliss-reactive ketones (excluding diaryl/α,β-unsaturated/α-hetero) is 1. The van der Waals surface area contributed by atoms with Crippen molar-refractivity contribution in [2.75, 3.05) is 5.73 Å². The van der Waals surface area contributed by atoms with Gasteiger partial charge in [-0.15, -0.1) is 0 Å². The highest BCUT2D eigenvalue weighted by Crippen LogP contribution is 2.27. The number of nitrogens with two attached hydrogens (primary N) is 1. The summed E-state index contributed by atoms with van der Waals surface area (Å²) in [7, 11) is 0. The standard InChI is InChI=1S/C15H22ClNO/c1-4-6-13(10(3)18)8-11-7-12(5-2)15(17)14(16)9-11/h7,9,13H,4-6,8,17H2,1-3H3/t13-/m1/s1. The molecule has 0 unspecified atom stereocenters. The Kier molecular flexibility index (Phi) is 5.67. The zero-order valence-corrected chi connectivity index (χ0v) is 12.2. The van der Waals surface area contributed by atoms with Gasteiger partial charge in [-0.25, -0.2) is 0 Å². The average molecular weight is 268 g/mol.